The van der Waals surface area contributed by atoms with Crippen LogP contribution in [0.25, 0.3) is 0 Å². The third kappa shape index (κ3) is 3.83. The van der Waals surface area contributed by atoms with Gasteiger partial charge in [-0.1, -0.05) is 48.5 Å². The van der Waals surface area contributed by atoms with Gasteiger partial charge in [0.15, 0.2) is 6.35 Å². The minimum atomic E-state index is -0.732. The number of nitrogens with zero attached hydrogens (tertiary/aromatic N) is 2. The van der Waals surface area contributed by atoms with Crippen molar-refractivity contribution >= 4 is 11.6 Å². The Hall–Kier alpha value is -2.41. The number of aliphatic hydroxyl groups excluding tert-OH is 1. The molecule has 2 aromatic carbocycles. The van der Waals surface area contributed by atoms with Crippen LogP contribution in [0.4, 0.5) is 5.69 Å². The SMILES string of the molecule is O=C1CNC2(CCN(C(O)Nc3ccccc3)CC2)N1Cc1ccccc1. The van der Waals surface area contributed by atoms with Gasteiger partial charge in [-0.15, -0.1) is 0 Å². The number of nitrogens with one attached hydrogen (secondary N) is 2. The van der Waals surface area contributed by atoms with Gasteiger partial charge in [-0.3, -0.25) is 15.0 Å². The van der Waals surface area contributed by atoms with E-state index in [4.69, 9.17) is 0 Å². The van der Waals surface area contributed by atoms with Gasteiger partial charge in [0.1, 0.15) is 0 Å². The molecule has 0 radical (unpaired) electrons. The second-order valence-electron chi connectivity index (χ2n) is 7.27. The molecule has 2 saturated heterocycles. The maximum Gasteiger partial charge on any atom is 0.238 e. The van der Waals surface area contributed by atoms with Crippen LogP contribution in [0.15, 0.2) is 60.7 Å². The number of hydrogen-bond donors (Lipinski definition) is 3. The van der Waals surface area contributed by atoms with Crippen LogP contribution in [0, 0.1) is 0 Å². The number of anilines is 1. The number of likely N-dealkylation sites (tertiary alicyclic amines) is 1. The van der Waals surface area contributed by atoms with Gasteiger partial charge in [-0.2, -0.15) is 0 Å². The Balaban J connectivity index is 1.40. The summed E-state index contributed by atoms with van der Waals surface area (Å²) in [5.74, 6) is 0.148. The zero-order valence-corrected chi connectivity index (χ0v) is 15.3. The second kappa shape index (κ2) is 7.68. The Morgan fingerprint density at radius 3 is 2.33 bits per heavy atom. The predicted molar refractivity (Wildman–Crippen MR) is 105 cm³/mol. The van der Waals surface area contributed by atoms with Crippen LogP contribution in [0.5, 0.6) is 0 Å². The van der Waals surface area contributed by atoms with Crippen LogP contribution >= 0.6 is 0 Å². The lowest BCUT2D eigenvalue weighted by Crippen LogP contribution is -2.60. The van der Waals surface area contributed by atoms with Crippen molar-refractivity contribution in [3.63, 3.8) is 0 Å². The summed E-state index contributed by atoms with van der Waals surface area (Å²) in [4.78, 5) is 16.5. The number of benzene rings is 2. The van der Waals surface area contributed by atoms with Gasteiger partial charge >= 0.3 is 0 Å². The molecule has 0 bridgehead atoms. The molecule has 2 heterocycles. The number of aliphatic hydroxyl groups is 1. The van der Waals surface area contributed by atoms with Crippen LogP contribution in [0.3, 0.4) is 0 Å². The number of hydrogen-bond acceptors (Lipinski definition) is 5. The number of piperidine rings is 1. The van der Waals surface area contributed by atoms with Crippen LogP contribution < -0.4 is 10.6 Å². The summed E-state index contributed by atoms with van der Waals surface area (Å²) in [5, 5.41) is 17.1. The average molecular weight is 366 g/mol. The Kier molecular flexibility index (Phi) is 5.11. The third-order valence-electron chi connectivity index (χ3n) is 5.61. The Labute approximate surface area is 159 Å². The van der Waals surface area contributed by atoms with Crippen molar-refractivity contribution < 1.29 is 9.90 Å². The fourth-order valence-corrected chi connectivity index (χ4v) is 4.04. The van der Waals surface area contributed by atoms with E-state index in [0.29, 0.717) is 26.2 Å². The summed E-state index contributed by atoms with van der Waals surface area (Å²) in [6.07, 6.45) is 0.850. The molecule has 3 N–H and O–H groups in total. The van der Waals surface area contributed by atoms with Crippen LogP contribution in [0.2, 0.25) is 0 Å². The van der Waals surface area contributed by atoms with E-state index in [2.05, 4.69) is 22.8 Å². The Morgan fingerprint density at radius 1 is 1.04 bits per heavy atom. The van der Waals surface area contributed by atoms with Crippen molar-refractivity contribution in [3.05, 3.63) is 66.2 Å². The predicted octanol–water partition coefficient (Wildman–Crippen LogP) is 1.80. The molecule has 27 heavy (non-hydrogen) atoms. The van der Waals surface area contributed by atoms with Crippen molar-refractivity contribution in [2.75, 3.05) is 25.0 Å². The van der Waals surface area contributed by atoms with E-state index in [-0.39, 0.29) is 11.6 Å². The normalized spacial score (nSPS) is 20.8. The van der Waals surface area contributed by atoms with E-state index in [1.807, 2.05) is 58.3 Å². The molecule has 1 atom stereocenters. The molecule has 6 nitrogen and oxygen atoms in total. The molecule has 0 aliphatic carbocycles. The van der Waals surface area contributed by atoms with E-state index < -0.39 is 6.35 Å². The molecule has 2 aliphatic heterocycles. The maximum absolute atomic E-state index is 12.5. The molecule has 4 rings (SSSR count). The molecule has 2 aromatic rings. The van der Waals surface area contributed by atoms with Crippen LogP contribution in [-0.4, -0.2) is 52.5 Å². The molecule has 1 amide bonds. The highest BCUT2D eigenvalue weighted by Crippen LogP contribution is 2.32. The van der Waals surface area contributed by atoms with E-state index >= 15 is 0 Å². The lowest BCUT2D eigenvalue weighted by Gasteiger charge is -2.45. The first kappa shape index (κ1) is 18.0. The fourth-order valence-electron chi connectivity index (χ4n) is 4.04. The van der Waals surface area contributed by atoms with E-state index in [0.717, 1.165) is 24.1 Å². The molecule has 2 fully saturated rings. The van der Waals surface area contributed by atoms with Gasteiger partial charge in [-0.05, 0) is 30.5 Å². The van der Waals surface area contributed by atoms with E-state index in [1.54, 1.807) is 0 Å². The summed E-state index contributed by atoms with van der Waals surface area (Å²) in [5.41, 5.74) is 1.72. The second-order valence-corrected chi connectivity index (χ2v) is 7.27. The van der Waals surface area contributed by atoms with Gasteiger partial charge in [0, 0.05) is 25.3 Å². The molecule has 2 aliphatic rings. The largest absolute Gasteiger partial charge is 0.361 e. The first-order valence-corrected chi connectivity index (χ1v) is 9.49. The van der Waals surface area contributed by atoms with Crippen LogP contribution in [-0.2, 0) is 11.3 Å². The number of amides is 1. The molecule has 1 unspecified atom stereocenters. The van der Waals surface area contributed by atoms with E-state index in [9.17, 15) is 9.90 Å². The van der Waals surface area contributed by atoms with E-state index in [1.165, 1.54) is 0 Å². The van der Waals surface area contributed by atoms with Gasteiger partial charge in [0.05, 0.1) is 12.2 Å². The number of carbonyl (C=O) groups is 1. The molecule has 0 aromatic heterocycles. The Bertz CT molecular complexity index is 760. The number of carbonyl (C=O) groups excluding carboxylic acids is 1. The van der Waals surface area contributed by atoms with Crippen molar-refractivity contribution in [1.29, 1.82) is 0 Å². The smallest absolute Gasteiger partial charge is 0.238 e. The fraction of sp³-hybridized carbons (Fsp3) is 0.381. The lowest BCUT2D eigenvalue weighted by atomic mass is 9.95. The molecular formula is C21H26N4O2. The standard InChI is InChI=1S/C21H26N4O2/c26-19-15-22-21(25(19)16-17-7-3-1-4-8-17)11-13-24(14-12-21)20(27)23-18-9-5-2-6-10-18/h1-10,20,22-23,27H,11-16H2. The molecule has 1 spiro atoms. The molecule has 142 valence electrons. The van der Waals surface area contributed by atoms with Crippen molar-refractivity contribution in [2.45, 2.75) is 31.4 Å². The van der Waals surface area contributed by atoms with Gasteiger partial charge in [-0.25, -0.2) is 0 Å². The zero-order valence-electron chi connectivity index (χ0n) is 15.3. The van der Waals surface area contributed by atoms with Crippen molar-refractivity contribution in [3.8, 4) is 0 Å². The number of rotatable bonds is 5. The zero-order chi connectivity index (χ0) is 18.7. The summed E-state index contributed by atoms with van der Waals surface area (Å²) in [6, 6.07) is 19.8. The first-order chi connectivity index (χ1) is 13.2. The summed E-state index contributed by atoms with van der Waals surface area (Å²) in [6.45, 7) is 2.44. The lowest BCUT2D eigenvalue weighted by molar-refractivity contribution is -0.133. The summed E-state index contributed by atoms with van der Waals surface area (Å²) in [7, 11) is 0. The minimum absolute atomic E-state index is 0.148. The average Bonchev–Trinajstić information content (AvgIpc) is 3.00. The van der Waals surface area contributed by atoms with Crippen molar-refractivity contribution in [2.24, 2.45) is 0 Å². The molecular weight excluding hydrogens is 340 g/mol. The minimum Gasteiger partial charge on any atom is -0.361 e. The highest BCUT2D eigenvalue weighted by molar-refractivity contribution is 5.81. The van der Waals surface area contributed by atoms with Gasteiger partial charge in [0.2, 0.25) is 5.91 Å². The van der Waals surface area contributed by atoms with Gasteiger partial charge < -0.3 is 15.3 Å². The monoisotopic (exact) mass is 366 g/mol. The third-order valence-corrected chi connectivity index (χ3v) is 5.61. The highest BCUT2D eigenvalue weighted by atomic mass is 16.3. The summed E-state index contributed by atoms with van der Waals surface area (Å²) < 4.78 is 0. The van der Waals surface area contributed by atoms with Gasteiger partial charge in [0.25, 0.3) is 0 Å². The topological polar surface area (TPSA) is 67.8 Å². The molecule has 6 heteroatoms. The van der Waals surface area contributed by atoms with Crippen molar-refractivity contribution in [1.82, 2.24) is 15.1 Å². The summed E-state index contributed by atoms with van der Waals surface area (Å²) >= 11 is 0. The quantitative estimate of drug-likeness (QED) is 0.704. The van der Waals surface area contributed by atoms with Crippen LogP contribution in [0.1, 0.15) is 18.4 Å². The highest BCUT2D eigenvalue weighted by Gasteiger charge is 2.47. The number of para-hydroxylation sites is 1. The molecule has 0 saturated carbocycles. The first-order valence-electron chi connectivity index (χ1n) is 9.49. The maximum atomic E-state index is 12.5. The Morgan fingerprint density at radius 2 is 1.67 bits per heavy atom.